The summed E-state index contributed by atoms with van der Waals surface area (Å²) in [6, 6.07) is 4.52. The van der Waals surface area contributed by atoms with Crippen LogP contribution in [0.5, 0.6) is 5.75 Å². The molecule has 8 nitrogen and oxygen atoms in total. The van der Waals surface area contributed by atoms with Crippen LogP contribution in [0, 0.1) is 0 Å². The van der Waals surface area contributed by atoms with Crippen LogP contribution in [0.15, 0.2) is 24.4 Å². The Bertz CT molecular complexity index is 1070. The van der Waals surface area contributed by atoms with Crippen LogP contribution in [0.1, 0.15) is 39.3 Å². The van der Waals surface area contributed by atoms with Gasteiger partial charge in [-0.2, -0.15) is 18.2 Å². The standard InChI is InChI=1S/C23H28Cl2F3N5O3/c1-14(16-6-5-15(24)11-17(16)25)30-19-18(35-13-23(26,27)28)12-29-20(31-19)32-7-9-33(10-8-32)21(34)36-22(2,3)4/h5-6,11-12,14H,7-10,13H2,1-4H3,(H,29,30,31)/t14-/m1/s1. The molecule has 1 atom stereocenters. The molecule has 1 amide bonds. The maximum Gasteiger partial charge on any atom is 0.422 e. The van der Waals surface area contributed by atoms with Crippen LogP contribution < -0.4 is 15.0 Å². The normalized spacial score (nSPS) is 15.5. The number of halogens is 5. The minimum atomic E-state index is -4.53. The Hall–Kier alpha value is -2.66. The second-order valence-electron chi connectivity index (χ2n) is 9.27. The van der Waals surface area contributed by atoms with Crippen LogP contribution in [0.3, 0.4) is 0 Å². The number of benzene rings is 1. The first-order valence-electron chi connectivity index (χ1n) is 11.2. The summed E-state index contributed by atoms with van der Waals surface area (Å²) in [5.41, 5.74) is 0.0716. The van der Waals surface area contributed by atoms with Gasteiger partial charge in [0, 0.05) is 36.2 Å². The van der Waals surface area contributed by atoms with Crippen LogP contribution in [0.4, 0.5) is 29.7 Å². The first-order chi connectivity index (χ1) is 16.7. The highest BCUT2D eigenvalue weighted by Gasteiger charge is 2.30. The van der Waals surface area contributed by atoms with Gasteiger partial charge in [0.1, 0.15) is 5.60 Å². The smallest absolute Gasteiger partial charge is 0.422 e. The third-order valence-electron chi connectivity index (χ3n) is 5.13. The molecule has 1 fully saturated rings. The lowest BCUT2D eigenvalue weighted by Crippen LogP contribution is -2.50. The second kappa shape index (κ2) is 11.2. The van der Waals surface area contributed by atoms with Gasteiger partial charge in [0.15, 0.2) is 18.2 Å². The van der Waals surface area contributed by atoms with E-state index in [1.807, 2.05) is 4.90 Å². The first-order valence-corrected chi connectivity index (χ1v) is 12.0. The quantitative estimate of drug-likeness (QED) is 0.476. The van der Waals surface area contributed by atoms with E-state index < -0.39 is 30.5 Å². The molecule has 0 radical (unpaired) electrons. The molecule has 0 bridgehead atoms. The van der Waals surface area contributed by atoms with Crippen molar-refractivity contribution in [2.24, 2.45) is 0 Å². The lowest BCUT2D eigenvalue weighted by atomic mass is 10.1. The molecule has 1 aromatic heterocycles. The van der Waals surface area contributed by atoms with Gasteiger partial charge in [-0.3, -0.25) is 0 Å². The third kappa shape index (κ3) is 7.92. The maximum atomic E-state index is 12.8. The number of carbonyl (C=O) groups is 1. The average molecular weight is 550 g/mol. The van der Waals surface area contributed by atoms with Crippen molar-refractivity contribution in [2.75, 3.05) is 43.0 Å². The second-order valence-corrected chi connectivity index (χ2v) is 10.1. The molecule has 36 heavy (non-hydrogen) atoms. The van der Waals surface area contributed by atoms with Gasteiger partial charge in [-0.15, -0.1) is 0 Å². The SMILES string of the molecule is C[C@@H](Nc1nc(N2CCN(C(=O)OC(C)(C)C)CC2)ncc1OCC(F)(F)F)c1ccc(Cl)cc1Cl. The van der Waals surface area contributed by atoms with Gasteiger partial charge in [-0.25, -0.2) is 9.78 Å². The Morgan fingerprint density at radius 1 is 1.17 bits per heavy atom. The summed E-state index contributed by atoms with van der Waals surface area (Å²) < 4.78 is 48.8. The van der Waals surface area contributed by atoms with Gasteiger partial charge >= 0.3 is 12.3 Å². The summed E-state index contributed by atoms with van der Waals surface area (Å²) in [4.78, 5) is 24.4. The molecule has 1 aromatic carbocycles. The molecule has 2 aromatic rings. The number of rotatable bonds is 6. The summed E-state index contributed by atoms with van der Waals surface area (Å²) in [6.45, 7) is 7.27. The van der Waals surface area contributed by atoms with Crippen LogP contribution >= 0.6 is 23.2 Å². The Morgan fingerprint density at radius 2 is 1.83 bits per heavy atom. The van der Waals surface area contributed by atoms with E-state index >= 15 is 0 Å². The van der Waals surface area contributed by atoms with Crippen LogP contribution in [0.2, 0.25) is 10.0 Å². The predicted octanol–water partition coefficient (Wildman–Crippen LogP) is 5.95. The highest BCUT2D eigenvalue weighted by atomic mass is 35.5. The lowest BCUT2D eigenvalue weighted by Gasteiger charge is -2.35. The fraction of sp³-hybridized carbons (Fsp3) is 0.522. The number of anilines is 2. The summed E-state index contributed by atoms with van der Waals surface area (Å²) in [5, 5.41) is 3.93. The van der Waals surface area contributed by atoms with E-state index in [4.69, 9.17) is 32.7 Å². The van der Waals surface area contributed by atoms with E-state index in [2.05, 4.69) is 15.3 Å². The van der Waals surface area contributed by atoms with Crippen molar-refractivity contribution >= 4 is 41.1 Å². The highest BCUT2D eigenvalue weighted by molar-refractivity contribution is 6.35. The summed E-state index contributed by atoms with van der Waals surface area (Å²) in [7, 11) is 0. The van der Waals surface area contributed by atoms with E-state index in [0.717, 1.165) is 0 Å². The average Bonchev–Trinajstić information content (AvgIpc) is 2.76. The predicted molar refractivity (Wildman–Crippen MR) is 132 cm³/mol. The van der Waals surface area contributed by atoms with Crippen molar-refractivity contribution in [3.63, 3.8) is 0 Å². The molecule has 13 heteroatoms. The molecule has 0 spiro atoms. The largest absolute Gasteiger partial charge is 0.479 e. The zero-order valence-electron chi connectivity index (χ0n) is 20.3. The number of nitrogens with one attached hydrogen (secondary N) is 1. The molecule has 1 aliphatic rings. The van der Waals surface area contributed by atoms with Crippen LogP contribution in [-0.2, 0) is 4.74 Å². The van der Waals surface area contributed by atoms with Gasteiger partial charge in [0.25, 0.3) is 0 Å². The summed E-state index contributed by atoms with van der Waals surface area (Å²) in [6.07, 6.45) is -3.73. The Morgan fingerprint density at radius 3 is 2.42 bits per heavy atom. The zero-order valence-corrected chi connectivity index (χ0v) is 21.8. The maximum absolute atomic E-state index is 12.8. The number of alkyl halides is 3. The van der Waals surface area contributed by atoms with Crippen molar-refractivity contribution in [3.05, 3.63) is 40.0 Å². The lowest BCUT2D eigenvalue weighted by molar-refractivity contribution is -0.153. The van der Waals surface area contributed by atoms with E-state index in [0.29, 0.717) is 41.8 Å². The number of aromatic nitrogens is 2. The summed E-state index contributed by atoms with van der Waals surface area (Å²) >= 11 is 12.3. The molecule has 1 N–H and O–H groups in total. The third-order valence-corrected chi connectivity index (χ3v) is 5.69. The van der Waals surface area contributed by atoms with Crippen molar-refractivity contribution in [2.45, 2.75) is 45.5 Å². The molecular formula is C23H28Cl2F3N5O3. The monoisotopic (exact) mass is 549 g/mol. The van der Waals surface area contributed by atoms with Gasteiger partial charge in [0.2, 0.25) is 5.95 Å². The minimum absolute atomic E-state index is 0.0809. The van der Waals surface area contributed by atoms with Gasteiger partial charge in [0.05, 0.1) is 12.2 Å². The number of amides is 1. The molecular weight excluding hydrogens is 522 g/mol. The Balaban J connectivity index is 1.78. The molecule has 198 valence electrons. The van der Waals surface area contributed by atoms with Gasteiger partial charge in [-0.05, 0) is 45.4 Å². The van der Waals surface area contributed by atoms with Crippen LogP contribution in [-0.4, -0.2) is 65.5 Å². The molecule has 3 rings (SSSR count). The van der Waals surface area contributed by atoms with E-state index in [1.54, 1.807) is 50.8 Å². The number of nitrogens with zero attached hydrogens (tertiary/aromatic N) is 4. The zero-order chi connectivity index (χ0) is 26.7. The van der Waals surface area contributed by atoms with E-state index in [9.17, 15) is 18.0 Å². The molecule has 2 heterocycles. The number of piperazine rings is 1. The van der Waals surface area contributed by atoms with Crippen molar-refractivity contribution in [3.8, 4) is 5.75 Å². The molecule has 1 aliphatic heterocycles. The van der Waals surface area contributed by atoms with Gasteiger partial charge < -0.3 is 24.6 Å². The highest BCUT2D eigenvalue weighted by Crippen LogP contribution is 2.32. The van der Waals surface area contributed by atoms with Crippen molar-refractivity contribution in [1.82, 2.24) is 14.9 Å². The van der Waals surface area contributed by atoms with Crippen molar-refractivity contribution < 1.29 is 27.4 Å². The number of hydrogen-bond donors (Lipinski definition) is 1. The van der Waals surface area contributed by atoms with E-state index in [1.165, 1.54) is 6.20 Å². The fourth-order valence-electron chi connectivity index (χ4n) is 3.43. The Kier molecular flexibility index (Phi) is 8.66. The van der Waals surface area contributed by atoms with Gasteiger partial charge in [-0.1, -0.05) is 29.3 Å². The van der Waals surface area contributed by atoms with Crippen molar-refractivity contribution in [1.29, 1.82) is 0 Å². The topological polar surface area (TPSA) is 79.8 Å². The van der Waals surface area contributed by atoms with Crippen LogP contribution in [0.25, 0.3) is 0 Å². The molecule has 1 saturated heterocycles. The number of carbonyl (C=O) groups excluding carboxylic acids is 1. The molecule has 0 aliphatic carbocycles. The summed E-state index contributed by atoms with van der Waals surface area (Å²) in [5.74, 6) is 0.216. The fourth-order valence-corrected chi connectivity index (χ4v) is 4.01. The van der Waals surface area contributed by atoms with E-state index in [-0.39, 0.29) is 17.5 Å². The molecule has 0 saturated carbocycles. The Labute approximate surface area is 217 Å². The minimum Gasteiger partial charge on any atom is -0.479 e. The first kappa shape index (κ1) is 27.9. The molecule has 0 unspecified atom stereocenters. The number of hydrogen-bond acceptors (Lipinski definition) is 7. The number of ether oxygens (including phenoxy) is 2.